The van der Waals surface area contributed by atoms with E-state index in [9.17, 15) is 4.39 Å². The van der Waals surface area contributed by atoms with Gasteiger partial charge < -0.3 is 4.98 Å². The Bertz CT molecular complexity index is 680. The highest BCUT2D eigenvalue weighted by molar-refractivity contribution is 5.78. The van der Waals surface area contributed by atoms with E-state index in [4.69, 9.17) is 0 Å². The Morgan fingerprint density at radius 1 is 1.00 bits per heavy atom. The summed E-state index contributed by atoms with van der Waals surface area (Å²) in [5.41, 5.74) is 2.74. The van der Waals surface area contributed by atoms with Gasteiger partial charge >= 0.3 is 0 Å². The molecule has 0 spiro atoms. The van der Waals surface area contributed by atoms with Crippen LogP contribution in [0, 0.1) is 5.82 Å². The SMILES string of the molecule is Fc1cccc(/C=C/c2nc3ccccc3[nH]2)c1. The first-order valence-corrected chi connectivity index (χ1v) is 5.70. The van der Waals surface area contributed by atoms with Crippen LogP contribution in [-0.4, -0.2) is 9.97 Å². The summed E-state index contributed by atoms with van der Waals surface area (Å²) < 4.78 is 13.0. The van der Waals surface area contributed by atoms with Crippen LogP contribution in [0.1, 0.15) is 11.4 Å². The zero-order valence-electron chi connectivity index (χ0n) is 9.60. The van der Waals surface area contributed by atoms with Gasteiger partial charge in [-0.15, -0.1) is 0 Å². The van der Waals surface area contributed by atoms with Crippen LogP contribution in [0.4, 0.5) is 4.39 Å². The molecule has 0 aliphatic rings. The zero-order valence-corrected chi connectivity index (χ0v) is 9.60. The molecule has 3 rings (SSSR count). The van der Waals surface area contributed by atoms with E-state index < -0.39 is 0 Å². The summed E-state index contributed by atoms with van der Waals surface area (Å²) in [6.07, 6.45) is 3.68. The molecule has 0 bridgehead atoms. The van der Waals surface area contributed by atoms with E-state index in [1.54, 1.807) is 6.07 Å². The molecule has 1 heterocycles. The van der Waals surface area contributed by atoms with Gasteiger partial charge in [0.2, 0.25) is 0 Å². The van der Waals surface area contributed by atoms with Crippen molar-refractivity contribution >= 4 is 23.2 Å². The van der Waals surface area contributed by atoms with Gasteiger partial charge in [0.15, 0.2) is 0 Å². The summed E-state index contributed by atoms with van der Waals surface area (Å²) in [5, 5.41) is 0. The van der Waals surface area contributed by atoms with Crippen LogP contribution in [0.2, 0.25) is 0 Å². The lowest BCUT2D eigenvalue weighted by Crippen LogP contribution is -1.77. The molecule has 1 aromatic heterocycles. The first-order valence-electron chi connectivity index (χ1n) is 5.70. The van der Waals surface area contributed by atoms with Crippen molar-refractivity contribution in [3.05, 3.63) is 65.7 Å². The maximum atomic E-state index is 13.0. The standard InChI is InChI=1S/C15H11FN2/c16-12-5-3-4-11(10-12)8-9-15-17-13-6-1-2-7-14(13)18-15/h1-10H,(H,17,18)/b9-8+. The van der Waals surface area contributed by atoms with Gasteiger partial charge in [-0.3, -0.25) is 0 Å². The number of benzene rings is 2. The summed E-state index contributed by atoms with van der Waals surface area (Å²) in [5.74, 6) is 0.530. The van der Waals surface area contributed by atoms with Crippen LogP contribution < -0.4 is 0 Å². The molecule has 3 aromatic rings. The van der Waals surface area contributed by atoms with E-state index in [1.807, 2.05) is 42.5 Å². The third kappa shape index (κ3) is 2.15. The van der Waals surface area contributed by atoms with E-state index in [1.165, 1.54) is 12.1 Å². The Morgan fingerprint density at radius 3 is 2.72 bits per heavy atom. The quantitative estimate of drug-likeness (QED) is 0.721. The maximum absolute atomic E-state index is 13.0. The molecule has 88 valence electrons. The number of rotatable bonds is 2. The van der Waals surface area contributed by atoms with Crippen molar-refractivity contribution in [2.24, 2.45) is 0 Å². The van der Waals surface area contributed by atoms with Gasteiger partial charge in [-0.05, 0) is 35.9 Å². The van der Waals surface area contributed by atoms with Crippen molar-refractivity contribution < 1.29 is 4.39 Å². The lowest BCUT2D eigenvalue weighted by molar-refractivity contribution is 0.627. The predicted molar refractivity (Wildman–Crippen MR) is 71.4 cm³/mol. The van der Waals surface area contributed by atoms with Gasteiger partial charge in [0.1, 0.15) is 11.6 Å². The number of para-hydroxylation sites is 2. The minimum absolute atomic E-state index is 0.234. The summed E-state index contributed by atoms with van der Waals surface area (Å²) in [6, 6.07) is 14.3. The largest absolute Gasteiger partial charge is 0.338 e. The fraction of sp³-hybridized carbons (Fsp3) is 0. The molecular formula is C15H11FN2. The highest BCUT2D eigenvalue weighted by Gasteiger charge is 1.98. The minimum atomic E-state index is -0.234. The molecule has 0 saturated heterocycles. The Hall–Kier alpha value is -2.42. The van der Waals surface area contributed by atoms with E-state index in [0.29, 0.717) is 0 Å². The number of nitrogens with one attached hydrogen (secondary N) is 1. The molecular weight excluding hydrogens is 227 g/mol. The Kier molecular flexibility index (Phi) is 2.65. The van der Waals surface area contributed by atoms with Gasteiger partial charge in [0, 0.05) is 0 Å². The lowest BCUT2D eigenvalue weighted by atomic mass is 10.2. The van der Waals surface area contributed by atoms with Gasteiger partial charge in [-0.25, -0.2) is 9.37 Å². The number of halogens is 1. The smallest absolute Gasteiger partial charge is 0.131 e. The average molecular weight is 238 g/mol. The molecule has 0 saturated carbocycles. The molecule has 1 N–H and O–H groups in total. The van der Waals surface area contributed by atoms with E-state index in [-0.39, 0.29) is 5.82 Å². The maximum Gasteiger partial charge on any atom is 0.131 e. The topological polar surface area (TPSA) is 28.7 Å². The zero-order chi connectivity index (χ0) is 12.4. The summed E-state index contributed by atoms with van der Waals surface area (Å²) >= 11 is 0. The normalized spacial score (nSPS) is 11.4. The second-order valence-electron chi connectivity index (χ2n) is 4.03. The van der Waals surface area contributed by atoms with Crippen molar-refractivity contribution in [2.75, 3.05) is 0 Å². The van der Waals surface area contributed by atoms with E-state index in [2.05, 4.69) is 9.97 Å². The van der Waals surface area contributed by atoms with Crippen LogP contribution >= 0.6 is 0 Å². The average Bonchev–Trinajstić information content (AvgIpc) is 2.79. The number of imidazole rings is 1. The summed E-state index contributed by atoms with van der Waals surface area (Å²) in [6.45, 7) is 0. The number of hydrogen-bond donors (Lipinski definition) is 1. The van der Waals surface area contributed by atoms with E-state index in [0.717, 1.165) is 22.4 Å². The second-order valence-corrected chi connectivity index (χ2v) is 4.03. The van der Waals surface area contributed by atoms with Gasteiger partial charge in [-0.2, -0.15) is 0 Å². The van der Waals surface area contributed by atoms with Crippen LogP contribution in [0.25, 0.3) is 23.2 Å². The Labute approximate surface area is 104 Å². The van der Waals surface area contributed by atoms with Crippen molar-refractivity contribution in [3.63, 3.8) is 0 Å². The van der Waals surface area contributed by atoms with E-state index >= 15 is 0 Å². The molecule has 0 radical (unpaired) electrons. The van der Waals surface area contributed by atoms with Crippen LogP contribution in [0.15, 0.2) is 48.5 Å². The molecule has 0 fully saturated rings. The first-order chi connectivity index (χ1) is 8.81. The molecule has 2 nitrogen and oxygen atoms in total. The first kappa shape index (κ1) is 10.7. The van der Waals surface area contributed by atoms with Gasteiger partial charge in [-0.1, -0.05) is 30.3 Å². The molecule has 0 amide bonds. The highest BCUT2D eigenvalue weighted by Crippen LogP contribution is 2.13. The van der Waals surface area contributed by atoms with Crippen molar-refractivity contribution in [3.8, 4) is 0 Å². The molecule has 18 heavy (non-hydrogen) atoms. The van der Waals surface area contributed by atoms with Crippen molar-refractivity contribution in [1.29, 1.82) is 0 Å². The van der Waals surface area contributed by atoms with Crippen molar-refractivity contribution in [2.45, 2.75) is 0 Å². The third-order valence-corrected chi connectivity index (χ3v) is 2.69. The van der Waals surface area contributed by atoms with Crippen molar-refractivity contribution in [1.82, 2.24) is 9.97 Å². The number of H-pyrrole nitrogens is 1. The molecule has 0 atom stereocenters. The molecule has 0 unspecified atom stereocenters. The summed E-state index contributed by atoms with van der Waals surface area (Å²) in [4.78, 5) is 7.60. The van der Waals surface area contributed by atoms with Gasteiger partial charge in [0.05, 0.1) is 11.0 Å². The van der Waals surface area contributed by atoms with Crippen LogP contribution in [0.5, 0.6) is 0 Å². The molecule has 2 aromatic carbocycles. The highest BCUT2D eigenvalue weighted by atomic mass is 19.1. The van der Waals surface area contributed by atoms with Crippen LogP contribution in [-0.2, 0) is 0 Å². The van der Waals surface area contributed by atoms with Crippen LogP contribution in [0.3, 0.4) is 0 Å². The number of aromatic amines is 1. The number of nitrogens with zero attached hydrogens (tertiary/aromatic N) is 1. The number of fused-ring (bicyclic) bond motifs is 1. The predicted octanol–water partition coefficient (Wildman–Crippen LogP) is 3.87. The fourth-order valence-electron chi connectivity index (χ4n) is 1.84. The third-order valence-electron chi connectivity index (χ3n) is 2.69. The molecule has 0 aliphatic heterocycles. The Balaban J connectivity index is 1.92. The Morgan fingerprint density at radius 2 is 1.89 bits per heavy atom. The molecule has 0 aliphatic carbocycles. The van der Waals surface area contributed by atoms with Gasteiger partial charge in [0.25, 0.3) is 0 Å². The second kappa shape index (κ2) is 4.45. The monoisotopic (exact) mass is 238 g/mol. The minimum Gasteiger partial charge on any atom is -0.338 e. The lowest BCUT2D eigenvalue weighted by Gasteiger charge is -1.92. The fourth-order valence-corrected chi connectivity index (χ4v) is 1.84. The molecule has 3 heteroatoms. The number of aromatic nitrogens is 2. The summed E-state index contributed by atoms with van der Waals surface area (Å²) in [7, 11) is 0. The number of hydrogen-bond acceptors (Lipinski definition) is 1.